The second-order valence-corrected chi connectivity index (χ2v) is 9.50. The fraction of sp³-hybridized carbons (Fsp3) is 0.185. The maximum atomic E-state index is 14.3. The minimum Gasteiger partial charge on any atom is -0.493 e. The lowest BCUT2D eigenvalue weighted by molar-refractivity contribution is -0.136. The standard InChI is InChI=1S/C27H24F2N2O4S/c1-27(25(32)30-20-10-6-4-8-18(20)28,26(33)31-21-11-7-5-9-19(21)29)15-17-12-16-13-22(34-2)23(35-3)14-24(16)36-17/h4-14H,15H2,1-3H3,(H,30,32)(H,31,33). The predicted octanol–water partition coefficient (Wildman–Crippen LogP) is 6.02. The van der Waals surface area contributed by atoms with E-state index >= 15 is 0 Å². The molecule has 0 saturated carbocycles. The Bertz CT molecular complexity index is 1340. The van der Waals surface area contributed by atoms with E-state index in [4.69, 9.17) is 9.47 Å². The molecular weight excluding hydrogens is 486 g/mol. The van der Waals surface area contributed by atoms with E-state index in [0.29, 0.717) is 11.5 Å². The van der Waals surface area contributed by atoms with Crippen LogP contribution in [0.3, 0.4) is 0 Å². The van der Waals surface area contributed by atoms with Gasteiger partial charge in [-0.25, -0.2) is 8.78 Å². The van der Waals surface area contributed by atoms with E-state index in [-0.39, 0.29) is 17.8 Å². The van der Waals surface area contributed by atoms with Crippen LogP contribution in [0.5, 0.6) is 11.5 Å². The van der Waals surface area contributed by atoms with Crippen LogP contribution in [0.15, 0.2) is 66.7 Å². The number of hydrogen-bond donors (Lipinski definition) is 2. The van der Waals surface area contributed by atoms with Gasteiger partial charge in [0.1, 0.15) is 17.0 Å². The van der Waals surface area contributed by atoms with Gasteiger partial charge in [-0.15, -0.1) is 11.3 Å². The van der Waals surface area contributed by atoms with Crippen LogP contribution in [-0.4, -0.2) is 26.0 Å². The average molecular weight is 511 g/mol. The van der Waals surface area contributed by atoms with Crippen molar-refractivity contribution in [2.75, 3.05) is 24.9 Å². The van der Waals surface area contributed by atoms with Crippen molar-refractivity contribution in [1.29, 1.82) is 0 Å². The number of para-hydroxylation sites is 2. The van der Waals surface area contributed by atoms with Gasteiger partial charge in [0.15, 0.2) is 11.5 Å². The number of fused-ring (bicyclic) bond motifs is 1. The Balaban J connectivity index is 1.71. The molecular formula is C27H24F2N2O4S. The molecule has 0 spiro atoms. The lowest BCUT2D eigenvalue weighted by Gasteiger charge is -2.27. The normalized spacial score (nSPS) is 11.2. The first-order valence-corrected chi connectivity index (χ1v) is 11.8. The molecule has 0 aliphatic rings. The summed E-state index contributed by atoms with van der Waals surface area (Å²) in [7, 11) is 3.07. The molecule has 6 nitrogen and oxygen atoms in total. The third-order valence-corrected chi connectivity index (χ3v) is 6.95. The van der Waals surface area contributed by atoms with Crippen molar-refractivity contribution in [3.8, 4) is 11.5 Å². The van der Waals surface area contributed by atoms with E-state index in [9.17, 15) is 18.4 Å². The summed E-state index contributed by atoms with van der Waals surface area (Å²) in [4.78, 5) is 27.6. The van der Waals surface area contributed by atoms with Crippen LogP contribution in [0.2, 0.25) is 0 Å². The van der Waals surface area contributed by atoms with Gasteiger partial charge in [0, 0.05) is 22.1 Å². The number of amides is 2. The van der Waals surface area contributed by atoms with Gasteiger partial charge in [0.05, 0.1) is 25.6 Å². The van der Waals surface area contributed by atoms with E-state index in [1.54, 1.807) is 12.1 Å². The molecule has 9 heteroatoms. The van der Waals surface area contributed by atoms with Gasteiger partial charge in [0.2, 0.25) is 11.8 Å². The molecule has 1 heterocycles. The van der Waals surface area contributed by atoms with Gasteiger partial charge >= 0.3 is 0 Å². The van der Waals surface area contributed by atoms with Crippen molar-refractivity contribution in [3.05, 3.63) is 83.2 Å². The molecule has 0 fully saturated rings. The number of carbonyl (C=O) groups excluding carboxylic acids is 2. The number of hydrogen-bond acceptors (Lipinski definition) is 5. The van der Waals surface area contributed by atoms with Crippen molar-refractivity contribution in [2.45, 2.75) is 13.3 Å². The zero-order valence-corrected chi connectivity index (χ0v) is 20.7. The van der Waals surface area contributed by atoms with E-state index in [2.05, 4.69) is 10.6 Å². The average Bonchev–Trinajstić information content (AvgIpc) is 3.26. The zero-order chi connectivity index (χ0) is 25.9. The number of rotatable bonds is 8. The summed E-state index contributed by atoms with van der Waals surface area (Å²) in [5.41, 5.74) is -1.82. The second kappa shape index (κ2) is 10.3. The molecule has 2 N–H and O–H groups in total. The molecule has 0 radical (unpaired) electrons. The Morgan fingerprint density at radius 3 is 1.83 bits per heavy atom. The summed E-state index contributed by atoms with van der Waals surface area (Å²) in [6.07, 6.45) is -0.0163. The van der Waals surface area contributed by atoms with Crippen LogP contribution < -0.4 is 20.1 Å². The summed E-state index contributed by atoms with van der Waals surface area (Å²) in [6, 6.07) is 16.8. The maximum absolute atomic E-state index is 14.3. The van der Waals surface area contributed by atoms with Crippen LogP contribution in [0.4, 0.5) is 20.2 Å². The lowest BCUT2D eigenvalue weighted by Crippen LogP contribution is -2.45. The molecule has 0 aliphatic heterocycles. The number of anilines is 2. The molecule has 0 atom stereocenters. The monoisotopic (exact) mass is 510 g/mol. The summed E-state index contributed by atoms with van der Waals surface area (Å²) < 4.78 is 40.1. The highest BCUT2D eigenvalue weighted by Crippen LogP contribution is 2.39. The number of methoxy groups -OCH3 is 2. The molecule has 0 saturated heterocycles. The highest BCUT2D eigenvalue weighted by molar-refractivity contribution is 7.19. The maximum Gasteiger partial charge on any atom is 0.240 e. The molecule has 0 unspecified atom stereocenters. The summed E-state index contributed by atoms with van der Waals surface area (Å²) >= 11 is 1.38. The fourth-order valence-electron chi connectivity index (χ4n) is 3.77. The highest BCUT2D eigenvalue weighted by atomic mass is 32.1. The predicted molar refractivity (Wildman–Crippen MR) is 137 cm³/mol. The van der Waals surface area contributed by atoms with Crippen molar-refractivity contribution in [3.63, 3.8) is 0 Å². The molecule has 36 heavy (non-hydrogen) atoms. The van der Waals surface area contributed by atoms with Crippen LogP contribution in [-0.2, 0) is 16.0 Å². The summed E-state index contributed by atoms with van der Waals surface area (Å²) in [6.45, 7) is 1.45. The molecule has 4 rings (SSSR count). The molecule has 4 aromatic rings. The first-order chi connectivity index (χ1) is 17.2. The van der Waals surface area contributed by atoms with Crippen LogP contribution in [0, 0.1) is 17.0 Å². The SMILES string of the molecule is COc1cc2cc(CC(C)(C(=O)Nc3ccccc3F)C(=O)Nc3ccccc3F)sc2cc1OC. The molecule has 0 aliphatic carbocycles. The number of carbonyl (C=O) groups is 2. The Morgan fingerprint density at radius 1 is 0.833 bits per heavy atom. The largest absolute Gasteiger partial charge is 0.493 e. The van der Waals surface area contributed by atoms with Crippen molar-refractivity contribution < 1.29 is 27.8 Å². The zero-order valence-electron chi connectivity index (χ0n) is 19.9. The third kappa shape index (κ3) is 5.01. The van der Waals surface area contributed by atoms with Crippen molar-refractivity contribution in [1.82, 2.24) is 0 Å². The molecule has 0 bridgehead atoms. The molecule has 2 amide bonds. The summed E-state index contributed by atoms with van der Waals surface area (Å²) in [5, 5.41) is 5.88. The molecule has 186 valence electrons. The van der Waals surface area contributed by atoms with Crippen LogP contribution >= 0.6 is 11.3 Å². The number of ether oxygens (including phenoxy) is 2. The second-order valence-electron chi connectivity index (χ2n) is 8.33. The van der Waals surface area contributed by atoms with Gasteiger partial charge in [-0.1, -0.05) is 24.3 Å². The Labute approximate surface area is 210 Å². The third-order valence-electron chi connectivity index (χ3n) is 5.85. The van der Waals surface area contributed by atoms with E-state index in [1.165, 1.54) is 68.9 Å². The van der Waals surface area contributed by atoms with Crippen LogP contribution in [0.1, 0.15) is 11.8 Å². The first kappa shape index (κ1) is 25.1. The Hall–Kier alpha value is -3.98. The number of benzene rings is 3. The highest BCUT2D eigenvalue weighted by Gasteiger charge is 2.42. The van der Waals surface area contributed by atoms with Crippen molar-refractivity contribution in [2.24, 2.45) is 5.41 Å². The van der Waals surface area contributed by atoms with E-state index in [0.717, 1.165) is 15.0 Å². The fourth-order valence-corrected chi connectivity index (χ4v) is 5.00. The number of halogens is 2. The van der Waals surface area contributed by atoms with Crippen molar-refractivity contribution >= 4 is 44.6 Å². The summed E-state index contributed by atoms with van der Waals surface area (Å²) in [5.74, 6) is -1.63. The van der Waals surface area contributed by atoms with E-state index in [1.807, 2.05) is 18.2 Å². The van der Waals surface area contributed by atoms with Crippen LogP contribution in [0.25, 0.3) is 10.1 Å². The van der Waals surface area contributed by atoms with Gasteiger partial charge in [-0.3, -0.25) is 9.59 Å². The minimum absolute atomic E-state index is 0.0163. The van der Waals surface area contributed by atoms with Gasteiger partial charge < -0.3 is 20.1 Å². The smallest absolute Gasteiger partial charge is 0.240 e. The first-order valence-electron chi connectivity index (χ1n) is 11.0. The van der Waals surface area contributed by atoms with Gasteiger partial charge in [-0.05, 0) is 48.7 Å². The minimum atomic E-state index is -1.71. The van der Waals surface area contributed by atoms with Gasteiger partial charge in [0.25, 0.3) is 0 Å². The molecule has 1 aromatic heterocycles. The topological polar surface area (TPSA) is 76.7 Å². The quantitative estimate of drug-likeness (QED) is 0.284. The lowest BCUT2D eigenvalue weighted by atomic mass is 9.83. The number of nitrogens with one attached hydrogen (secondary N) is 2. The Morgan fingerprint density at radius 2 is 1.33 bits per heavy atom. The van der Waals surface area contributed by atoms with E-state index < -0.39 is 28.9 Å². The number of thiophene rings is 1. The molecule has 3 aromatic carbocycles. The Kier molecular flexibility index (Phi) is 7.21. The van der Waals surface area contributed by atoms with Gasteiger partial charge in [-0.2, -0.15) is 0 Å².